The molecule has 118 valence electrons. The second kappa shape index (κ2) is 5.93. The first-order valence-corrected chi connectivity index (χ1v) is 7.05. The SMILES string of the molecule is [C-]#[N+]c1cc(F)cc(C2C[C@@H](O)CN2C(=O)OC(C)(C)C)c1. The predicted molar refractivity (Wildman–Crippen MR) is 79.0 cm³/mol. The summed E-state index contributed by atoms with van der Waals surface area (Å²) in [5, 5.41) is 9.87. The maximum atomic E-state index is 13.6. The number of rotatable bonds is 1. The van der Waals surface area contributed by atoms with E-state index in [0.717, 1.165) is 6.07 Å². The molecule has 22 heavy (non-hydrogen) atoms. The molecule has 1 aliphatic heterocycles. The predicted octanol–water partition coefficient (Wildman–Crippen LogP) is 3.42. The molecule has 1 N–H and O–H groups in total. The van der Waals surface area contributed by atoms with Gasteiger partial charge in [-0.3, -0.25) is 4.90 Å². The standard InChI is InChI=1S/C16H19FN2O3/c1-16(2,3)22-15(21)19-9-13(20)8-14(19)10-5-11(17)7-12(6-10)18-4/h5-7,13-14,20H,8-9H2,1-3H3/t13-,14?/m1/s1. The van der Waals surface area contributed by atoms with E-state index in [-0.39, 0.29) is 12.2 Å². The van der Waals surface area contributed by atoms with Gasteiger partial charge in [0.25, 0.3) is 0 Å². The van der Waals surface area contributed by atoms with Crippen molar-refractivity contribution in [3.05, 3.63) is 41.0 Å². The van der Waals surface area contributed by atoms with Crippen molar-refractivity contribution in [2.45, 2.75) is 44.9 Å². The van der Waals surface area contributed by atoms with Gasteiger partial charge in [0.15, 0.2) is 5.69 Å². The normalized spacial score (nSPS) is 21.5. The number of β-amino-alcohol motifs (C(OH)–C–C–N with tert-alkyl or cyclic N) is 1. The van der Waals surface area contributed by atoms with Gasteiger partial charge in [-0.05, 0) is 44.9 Å². The summed E-state index contributed by atoms with van der Waals surface area (Å²) in [5.41, 5.74) is 0.00707. The third kappa shape index (κ3) is 3.74. The molecular formula is C16H19FN2O3. The van der Waals surface area contributed by atoms with Gasteiger partial charge in [0.2, 0.25) is 0 Å². The number of ether oxygens (including phenoxy) is 1. The van der Waals surface area contributed by atoms with Crippen LogP contribution in [-0.2, 0) is 4.74 Å². The fourth-order valence-corrected chi connectivity index (χ4v) is 2.51. The van der Waals surface area contributed by atoms with E-state index in [9.17, 15) is 14.3 Å². The fraction of sp³-hybridized carbons (Fsp3) is 0.500. The monoisotopic (exact) mass is 306 g/mol. The van der Waals surface area contributed by atoms with E-state index in [4.69, 9.17) is 11.3 Å². The van der Waals surface area contributed by atoms with E-state index in [0.29, 0.717) is 12.0 Å². The van der Waals surface area contributed by atoms with Gasteiger partial charge >= 0.3 is 6.09 Å². The van der Waals surface area contributed by atoms with Gasteiger partial charge in [0, 0.05) is 0 Å². The summed E-state index contributed by atoms with van der Waals surface area (Å²) >= 11 is 0. The van der Waals surface area contributed by atoms with E-state index < -0.39 is 29.7 Å². The first kappa shape index (κ1) is 16.2. The Balaban J connectivity index is 2.30. The van der Waals surface area contributed by atoms with Gasteiger partial charge < -0.3 is 9.84 Å². The van der Waals surface area contributed by atoms with Crippen LogP contribution in [0.3, 0.4) is 0 Å². The Morgan fingerprint density at radius 1 is 1.45 bits per heavy atom. The number of hydrogen-bond donors (Lipinski definition) is 1. The van der Waals surface area contributed by atoms with E-state index in [1.807, 2.05) is 0 Å². The topological polar surface area (TPSA) is 54.1 Å². The summed E-state index contributed by atoms with van der Waals surface area (Å²) in [6.45, 7) is 12.4. The lowest BCUT2D eigenvalue weighted by atomic mass is 10.0. The maximum Gasteiger partial charge on any atom is 0.410 e. The van der Waals surface area contributed by atoms with Gasteiger partial charge in [-0.15, -0.1) is 0 Å². The first-order chi connectivity index (χ1) is 10.2. The third-order valence-corrected chi connectivity index (χ3v) is 3.33. The van der Waals surface area contributed by atoms with Gasteiger partial charge in [-0.1, -0.05) is 6.07 Å². The molecule has 0 radical (unpaired) electrons. The van der Waals surface area contributed by atoms with Crippen molar-refractivity contribution < 1.29 is 19.0 Å². The van der Waals surface area contributed by atoms with Gasteiger partial charge in [0.05, 0.1) is 25.3 Å². The Labute approximate surface area is 129 Å². The van der Waals surface area contributed by atoms with Crippen LogP contribution in [0.4, 0.5) is 14.9 Å². The Morgan fingerprint density at radius 2 is 2.14 bits per heavy atom. The highest BCUT2D eigenvalue weighted by atomic mass is 19.1. The summed E-state index contributed by atoms with van der Waals surface area (Å²) in [6, 6.07) is 3.46. The number of carbonyl (C=O) groups is 1. The van der Waals surface area contributed by atoms with Crippen LogP contribution in [0, 0.1) is 12.4 Å². The number of hydrogen-bond acceptors (Lipinski definition) is 3. The number of halogens is 1. The molecule has 1 unspecified atom stereocenters. The molecule has 0 saturated carbocycles. The minimum Gasteiger partial charge on any atom is -0.444 e. The number of nitrogens with zero attached hydrogens (tertiary/aromatic N) is 2. The van der Waals surface area contributed by atoms with Crippen LogP contribution in [0.25, 0.3) is 4.85 Å². The van der Waals surface area contributed by atoms with Crippen LogP contribution in [-0.4, -0.2) is 34.3 Å². The van der Waals surface area contributed by atoms with Gasteiger partial charge in [-0.2, -0.15) is 0 Å². The second-order valence-corrected chi connectivity index (χ2v) is 6.39. The second-order valence-electron chi connectivity index (χ2n) is 6.39. The number of likely N-dealkylation sites (tertiary alicyclic amines) is 1. The quantitative estimate of drug-likeness (QED) is 0.809. The van der Waals surface area contributed by atoms with Crippen molar-refractivity contribution in [1.82, 2.24) is 4.90 Å². The van der Waals surface area contributed by atoms with Crippen LogP contribution < -0.4 is 0 Å². The van der Waals surface area contributed by atoms with Crippen molar-refractivity contribution in [2.75, 3.05) is 6.54 Å². The lowest BCUT2D eigenvalue weighted by Gasteiger charge is -2.28. The summed E-state index contributed by atoms with van der Waals surface area (Å²) in [7, 11) is 0. The molecule has 0 aromatic heterocycles. The van der Waals surface area contributed by atoms with Crippen LogP contribution in [0.15, 0.2) is 18.2 Å². The number of amides is 1. The number of benzene rings is 1. The molecule has 1 aromatic rings. The van der Waals surface area contributed by atoms with Crippen LogP contribution in [0.5, 0.6) is 0 Å². The van der Waals surface area contributed by atoms with Crippen molar-refractivity contribution >= 4 is 11.8 Å². The van der Waals surface area contributed by atoms with E-state index in [2.05, 4.69) is 4.85 Å². The van der Waals surface area contributed by atoms with Crippen LogP contribution in [0.1, 0.15) is 38.8 Å². The van der Waals surface area contributed by atoms with E-state index in [1.54, 1.807) is 20.8 Å². The third-order valence-electron chi connectivity index (χ3n) is 3.33. The van der Waals surface area contributed by atoms with Crippen LogP contribution >= 0.6 is 0 Å². The Bertz CT molecular complexity index is 619. The Kier molecular flexibility index (Phi) is 4.38. The van der Waals surface area contributed by atoms with Crippen molar-refractivity contribution in [1.29, 1.82) is 0 Å². The van der Waals surface area contributed by atoms with Gasteiger partial charge in [0.1, 0.15) is 11.4 Å². The molecule has 1 amide bonds. The van der Waals surface area contributed by atoms with Crippen molar-refractivity contribution in [3.8, 4) is 0 Å². The van der Waals surface area contributed by atoms with E-state index >= 15 is 0 Å². The lowest BCUT2D eigenvalue weighted by molar-refractivity contribution is 0.0206. The largest absolute Gasteiger partial charge is 0.444 e. The molecule has 1 saturated heterocycles. The molecule has 0 spiro atoms. The fourth-order valence-electron chi connectivity index (χ4n) is 2.51. The van der Waals surface area contributed by atoms with Crippen LogP contribution in [0.2, 0.25) is 0 Å². The Hall–Kier alpha value is -2.13. The summed E-state index contributed by atoms with van der Waals surface area (Å²) in [4.78, 5) is 16.9. The maximum absolute atomic E-state index is 13.6. The van der Waals surface area contributed by atoms with E-state index in [1.165, 1.54) is 17.0 Å². The summed E-state index contributed by atoms with van der Waals surface area (Å²) in [5.74, 6) is -0.533. The highest BCUT2D eigenvalue weighted by Gasteiger charge is 2.37. The molecule has 5 nitrogen and oxygen atoms in total. The lowest BCUT2D eigenvalue weighted by Crippen LogP contribution is -2.37. The average Bonchev–Trinajstić information content (AvgIpc) is 2.78. The number of carbonyl (C=O) groups excluding carboxylic acids is 1. The molecule has 1 heterocycles. The molecule has 2 atom stereocenters. The summed E-state index contributed by atoms with van der Waals surface area (Å²) < 4.78 is 19.0. The highest BCUT2D eigenvalue weighted by molar-refractivity contribution is 5.69. The van der Waals surface area contributed by atoms with Gasteiger partial charge in [-0.25, -0.2) is 14.0 Å². The molecule has 1 fully saturated rings. The molecule has 0 bridgehead atoms. The zero-order valence-corrected chi connectivity index (χ0v) is 12.8. The average molecular weight is 306 g/mol. The minimum atomic E-state index is -0.697. The zero-order valence-electron chi connectivity index (χ0n) is 12.8. The molecule has 1 aromatic carbocycles. The zero-order chi connectivity index (χ0) is 16.5. The van der Waals surface area contributed by atoms with Crippen molar-refractivity contribution in [2.24, 2.45) is 0 Å². The summed E-state index contributed by atoms with van der Waals surface area (Å²) in [6.07, 6.45) is -0.958. The van der Waals surface area contributed by atoms with Crippen molar-refractivity contribution in [3.63, 3.8) is 0 Å². The number of aliphatic hydroxyl groups excluding tert-OH is 1. The smallest absolute Gasteiger partial charge is 0.410 e. The first-order valence-electron chi connectivity index (χ1n) is 7.05. The number of aliphatic hydroxyl groups is 1. The minimum absolute atomic E-state index is 0.128. The molecule has 2 rings (SSSR count). The molecular weight excluding hydrogens is 287 g/mol. The highest BCUT2D eigenvalue weighted by Crippen LogP contribution is 2.35. The molecule has 6 heteroatoms. The molecule has 1 aliphatic rings. The molecule has 0 aliphatic carbocycles. The Morgan fingerprint density at radius 3 is 2.73 bits per heavy atom.